The van der Waals surface area contributed by atoms with Crippen LogP contribution < -0.4 is 10.6 Å². The van der Waals surface area contributed by atoms with Crippen molar-refractivity contribution in [3.63, 3.8) is 0 Å². The molecule has 1 atom stereocenters. The summed E-state index contributed by atoms with van der Waals surface area (Å²) in [5, 5.41) is 20.3. The summed E-state index contributed by atoms with van der Waals surface area (Å²) in [6.45, 7) is 3.43. The molecule has 0 amide bonds. The first-order valence-corrected chi connectivity index (χ1v) is 8.90. The smallest absolute Gasteiger partial charge is 0.191 e. The largest absolute Gasteiger partial charge is 0.393 e. The van der Waals surface area contributed by atoms with Crippen LogP contribution in [-0.2, 0) is 0 Å². The molecule has 2 heterocycles. The Kier molecular flexibility index (Phi) is 6.28. The van der Waals surface area contributed by atoms with Crippen molar-refractivity contribution >= 4 is 23.4 Å². The lowest BCUT2D eigenvalue weighted by atomic mass is 9.96. The number of aliphatic hydroxyl groups is 2. The van der Waals surface area contributed by atoms with Gasteiger partial charge in [0.15, 0.2) is 5.16 Å². The summed E-state index contributed by atoms with van der Waals surface area (Å²) in [6, 6.07) is 1.78. The Bertz CT molecular complexity index is 489. The van der Waals surface area contributed by atoms with E-state index in [1.165, 1.54) is 0 Å². The minimum Gasteiger partial charge on any atom is -0.393 e. The maximum atomic E-state index is 10.2. The fraction of sp³-hybridized carbons (Fsp3) is 0.733. The molecule has 1 aliphatic heterocycles. The van der Waals surface area contributed by atoms with Crippen molar-refractivity contribution in [1.82, 2.24) is 9.97 Å². The van der Waals surface area contributed by atoms with Gasteiger partial charge in [0.25, 0.3) is 0 Å². The number of nitrogens with two attached hydrogens (primary N) is 1. The van der Waals surface area contributed by atoms with Gasteiger partial charge in [-0.25, -0.2) is 9.97 Å². The van der Waals surface area contributed by atoms with E-state index in [0.29, 0.717) is 30.4 Å². The quantitative estimate of drug-likeness (QED) is 0.416. The SMILES string of the molecule is CCCCSc1nc(N)cc(N2CCCC(O)(CO)CC2)n1. The Hall–Kier alpha value is -1.05. The lowest BCUT2D eigenvalue weighted by Crippen LogP contribution is -2.34. The predicted octanol–water partition coefficient (Wildman–Crippen LogP) is 1.66. The molecule has 4 N–H and O–H groups in total. The van der Waals surface area contributed by atoms with Gasteiger partial charge >= 0.3 is 0 Å². The van der Waals surface area contributed by atoms with Crippen molar-refractivity contribution in [2.24, 2.45) is 0 Å². The third kappa shape index (κ3) is 4.72. The molecule has 6 nitrogen and oxygen atoms in total. The molecule has 0 radical (unpaired) electrons. The molecule has 0 saturated carbocycles. The molecule has 1 fully saturated rings. The van der Waals surface area contributed by atoms with Crippen molar-refractivity contribution in [1.29, 1.82) is 0 Å². The molecule has 2 rings (SSSR count). The lowest BCUT2D eigenvalue weighted by molar-refractivity contribution is -0.0232. The van der Waals surface area contributed by atoms with Gasteiger partial charge in [0.1, 0.15) is 11.6 Å². The average Bonchev–Trinajstić information content (AvgIpc) is 2.70. The molecule has 7 heteroatoms. The van der Waals surface area contributed by atoms with Crippen LogP contribution in [0.25, 0.3) is 0 Å². The Labute approximate surface area is 136 Å². The summed E-state index contributed by atoms with van der Waals surface area (Å²) in [6.07, 6.45) is 4.24. The van der Waals surface area contributed by atoms with E-state index in [0.717, 1.165) is 37.4 Å². The molecule has 0 spiro atoms. The van der Waals surface area contributed by atoms with Crippen molar-refractivity contribution in [2.45, 2.75) is 49.8 Å². The molecular weight excluding hydrogens is 300 g/mol. The van der Waals surface area contributed by atoms with Crippen LogP contribution in [0.1, 0.15) is 39.0 Å². The van der Waals surface area contributed by atoms with E-state index in [1.807, 2.05) is 0 Å². The average molecular weight is 326 g/mol. The van der Waals surface area contributed by atoms with Crippen molar-refractivity contribution in [3.8, 4) is 0 Å². The minimum atomic E-state index is -0.966. The third-order valence-corrected chi connectivity index (χ3v) is 4.91. The number of hydrogen-bond donors (Lipinski definition) is 3. The first kappa shape index (κ1) is 17.3. The standard InChI is InChI=1S/C15H26N4O2S/c1-2-3-9-22-14-17-12(16)10-13(18-14)19-7-4-5-15(21,11-20)6-8-19/h10,20-21H,2-9,11H2,1H3,(H2,16,17,18). The second kappa shape index (κ2) is 7.99. The molecule has 0 aliphatic carbocycles. The van der Waals surface area contributed by atoms with Crippen LogP contribution >= 0.6 is 11.8 Å². The molecule has 22 heavy (non-hydrogen) atoms. The van der Waals surface area contributed by atoms with Gasteiger partial charge in [0.05, 0.1) is 12.2 Å². The third-order valence-electron chi connectivity index (χ3n) is 3.98. The molecule has 0 aromatic carbocycles. The molecular formula is C15H26N4O2S. The first-order chi connectivity index (χ1) is 10.6. The fourth-order valence-corrected chi connectivity index (χ4v) is 3.47. The van der Waals surface area contributed by atoms with Gasteiger partial charge in [-0.1, -0.05) is 25.1 Å². The Morgan fingerprint density at radius 1 is 1.36 bits per heavy atom. The highest BCUT2D eigenvalue weighted by Gasteiger charge is 2.29. The highest BCUT2D eigenvalue weighted by Crippen LogP contribution is 2.26. The predicted molar refractivity (Wildman–Crippen MR) is 90.2 cm³/mol. The summed E-state index contributed by atoms with van der Waals surface area (Å²) in [4.78, 5) is 11.0. The van der Waals surface area contributed by atoms with Crippen molar-refractivity contribution in [3.05, 3.63) is 6.07 Å². The maximum Gasteiger partial charge on any atom is 0.191 e. The maximum absolute atomic E-state index is 10.2. The highest BCUT2D eigenvalue weighted by molar-refractivity contribution is 7.99. The van der Waals surface area contributed by atoms with Gasteiger partial charge in [-0.05, 0) is 25.7 Å². The van der Waals surface area contributed by atoms with E-state index in [2.05, 4.69) is 21.8 Å². The van der Waals surface area contributed by atoms with E-state index in [9.17, 15) is 10.2 Å². The summed E-state index contributed by atoms with van der Waals surface area (Å²) in [5.41, 5.74) is 4.94. The van der Waals surface area contributed by atoms with E-state index in [1.54, 1.807) is 17.8 Å². The molecule has 0 bridgehead atoms. The number of nitrogen functional groups attached to an aromatic ring is 1. The highest BCUT2D eigenvalue weighted by atomic mass is 32.2. The summed E-state index contributed by atoms with van der Waals surface area (Å²) in [7, 11) is 0. The molecule has 1 unspecified atom stereocenters. The second-order valence-corrected chi connectivity index (χ2v) is 6.92. The summed E-state index contributed by atoms with van der Waals surface area (Å²) < 4.78 is 0. The molecule has 1 aromatic rings. The monoisotopic (exact) mass is 326 g/mol. The number of rotatable bonds is 6. The van der Waals surface area contributed by atoms with Gasteiger partial charge in [-0.3, -0.25) is 0 Å². The second-order valence-electron chi connectivity index (χ2n) is 5.86. The molecule has 1 saturated heterocycles. The van der Waals surface area contributed by atoms with Gasteiger partial charge in [0, 0.05) is 24.9 Å². The van der Waals surface area contributed by atoms with Gasteiger partial charge < -0.3 is 20.8 Å². The van der Waals surface area contributed by atoms with Gasteiger partial charge in [-0.15, -0.1) is 0 Å². The number of anilines is 2. The van der Waals surface area contributed by atoms with Crippen LogP contribution in [0, 0.1) is 0 Å². The van der Waals surface area contributed by atoms with E-state index in [-0.39, 0.29) is 6.61 Å². The Morgan fingerprint density at radius 2 is 2.18 bits per heavy atom. The van der Waals surface area contributed by atoms with Gasteiger partial charge in [0.2, 0.25) is 0 Å². The zero-order valence-electron chi connectivity index (χ0n) is 13.2. The molecule has 124 valence electrons. The molecule has 1 aliphatic rings. The normalized spacial score (nSPS) is 22.6. The topological polar surface area (TPSA) is 95.5 Å². The van der Waals surface area contributed by atoms with Crippen molar-refractivity contribution < 1.29 is 10.2 Å². The van der Waals surface area contributed by atoms with E-state index in [4.69, 9.17) is 5.73 Å². The zero-order valence-corrected chi connectivity index (χ0v) is 14.0. The minimum absolute atomic E-state index is 0.190. The Balaban J connectivity index is 2.07. The number of thioether (sulfide) groups is 1. The van der Waals surface area contributed by atoms with Crippen LogP contribution in [0.2, 0.25) is 0 Å². The number of hydrogen-bond acceptors (Lipinski definition) is 7. The molecule has 1 aromatic heterocycles. The zero-order chi connectivity index (χ0) is 16.0. The number of nitrogens with zero attached hydrogens (tertiary/aromatic N) is 3. The van der Waals surface area contributed by atoms with E-state index >= 15 is 0 Å². The van der Waals surface area contributed by atoms with Crippen molar-refractivity contribution in [2.75, 3.05) is 36.1 Å². The number of aromatic nitrogens is 2. The lowest BCUT2D eigenvalue weighted by Gasteiger charge is -2.25. The number of unbranched alkanes of at least 4 members (excludes halogenated alkanes) is 1. The number of aliphatic hydroxyl groups excluding tert-OH is 1. The van der Waals surface area contributed by atoms with Crippen LogP contribution in [0.3, 0.4) is 0 Å². The summed E-state index contributed by atoms with van der Waals surface area (Å²) >= 11 is 1.63. The van der Waals surface area contributed by atoms with Gasteiger partial charge in [-0.2, -0.15) is 0 Å². The van der Waals surface area contributed by atoms with Crippen LogP contribution in [-0.4, -0.2) is 51.2 Å². The summed E-state index contributed by atoms with van der Waals surface area (Å²) in [5.74, 6) is 2.28. The van der Waals surface area contributed by atoms with Crippen LogP contribution in [0.15, 0.2) is 11.2 Å². The van der Waals surface area contributed by atoms with Crippen LogP contribution in [0.4, 0.5) is 11.6 Å². The van der Waals surface area contributed by atoms with Crippen LogP contribution in [0.5, 0.6) is 0 Å². The first-order valence-electron chi connectivity index (χ1n) is 7.92. The van der Waals surface area contributed by atoms with E-state index < -0.39 is 5.60 Å². The Morgan fingerprint density at radius 3 is 2.91 bits per heavy atom. The fourth-order valence-electron chi connectivity index (χ4n) is 2.53.